The van der Waals surface area contributed by atoms with E-state index >= 15 is 0 Å². The van der Waals surface area contributed by atoms with Crippen molar-refractivity contribution in [2.75, 3.05) is 5.73 Å². The van der Waals surface area contributed by atoms with E-state index in [-0.39, 0.29) is 12.0 Å². The molecule has 0 fully saturated rings. The van der Waals surface area contributed by atoms with E-state index < -0.39 is 0 Å². The lowest BCUT2D eigenvalue weighted by atomic mass is 9.83. The van der Waals surface area contributed by atoms with E-state index in [0.717, 1.165) is 24.1 Å². The Hall–Kier alpha value is -1.82. The Morgan fingerprint density at radius 2 is 2.39 bits per heavy atom. The quantitative estimate of drug-likeness (QED) is 0.841. The summed E-state index contributed by atoms with van der Waals surface area (Å²) in [7, 11) is 0. The van der Waals surface area contributed by atoms with E-state index in [9.17, 15) is 4.91 Å². The largest absolute Gasteiger partial charge is 0.368 e. The Morgan fingerprint density at radius 1 is 1.50 bits per heavy atom. The zero-order valence-corrected chi connectivity index (χ0v) is 10.4. The molecule has 0 radical (unpaired) electrons. The lowest BCUT2D eigenvalue weighted by molar-refractivity contribution is 0.497. The summed E-state index contributed by atoms with van der Waals surface area (Å²) in [5.41, 5.74) is 7.29. The van der Waals surface area contributed by atoms with Gasteiger partial charge in [0.2, 0.25) is 5.95 Å². The van der Waals surface area contributed by atoms with E-state index in [4.69, 9.17) is 5.73 Å². The third kappa shape index (κ3) is 1.88. The van der Waals surface area contributed by atoms with Gasteiger partial charge in [0.1, 0.15) is 6.04 Å². The highest BCUT2D eigenvalue weighted by atomic mass is 32.1. The van der Waals surface area contributed by atoms with E-state index in [1.807, 2.05) is 11.4 Å². The fraction of sp³-hybridized carbons (Fsp3) is 0.333. The summed E-state index contributed by atoms with van der Waals surface area (Å²) in [5.74, 6) is 0.555. The number of hydrogen-bond donors (Lipinski definition) is 1. The molecule has 0 bridgehead atoms. The summed E-state index contributed by atoms with van der Waals surface area (Å²) in [6.07, 6.45) is 3.16. The summed E-state index contributed by atoms with van der Waals surface area (Å²) in [6.45, 7) is 0. The van der Waals surface area contributed by atoms with Crippen LogP contribution in [0.1, 0.15) is 34.5 Å². The standard InChI is InChI=1S/C12H12N4OS/c13-12-14-6-8-9(15-12)4-7(5-10(8)16-17)11-2-1-3-18-11/h1-3,6-7,10H,4-5H2,(H2,13,14,15). The summed E-state index contributed by atoms with van der Waals surface area (Å²) in [4.78, 5) is 20.5. The van der Waals surface area contributed by atoms with Gasteiger partial charge < -0.3 is 5.73 Å². The molecule has 0 amide bonds. The average molecular weight is 260 g/mol. The molecule has 2 heterocycles. The van der Waals surface area contributed by atoms with Crippen LogP contribution in [0.15, 0.2) is 28.9 Å². The van der Waals surface area contributed by atoms with Crippen molar-refractivity contribution in [1.29, 1.82) is 0 Å². The van der Waals surface area contributed by atoms with Gasteiger partial charge in [-0.15, -0.1) is 11.3 Å². The minimum atomic E-state index is -0.360. The van der Waals surface area contributed by atoms with Crippen LogP contribution in [0.2, 0.25) is 0 Å². The van der Waals surface area contributed by atoms with Gasteiger partial charge in [-0.3, -0.25) is 0 Å². The van der Waals surface area contributed by atoms with Crippen LogP contribution in [0.5, 0.6) is 0 Å². The number of thiophene rings is 1. The van der Waals surface area contributed by atoms with Crippen molar-refractivity contribution in [3.05, 3.63) is 44.8 Å². The SMILES string of the molecule is Nc1ncc2c(n1)CC(c1cccs1)CC2N=O. The summed E-state index contributed by atoms with van der Waals surface area (Å²) in [6, 6.07) is 3.75. The number of nitroso groups, excluding NO2 is 1. The molecule has 92 valence electrons. The first-order chi connectivity index (χ1) is 8.78. The smallest absolute Gasteiger partial charge is 0.220 e. The second-order valence-electron chi connectivity index (χ2n) is 4.40. The van der Waals surface area contributed by atoms with Crippen molar-refractivity contribution in [1.82, 2.24) is 9.97 Å². The van der Waals surface area contributed by atoms with E-state index in [2.05, 4.69) is 21.2 Å². The van der Waals surface area contributed by atoms with Gasteiger partial charge in [-0.25, -0.2) is 9.97 Å². The summed E-state index contributed by atoms with van der Waals surface area (Å²) in [5, 5.41) is 5.26. The first-order valence-corrected chi connectivity index (χ1v) is 6.63. The first-order valence-electron chi connectivity index (χ1n) is 5.75. The molecule has 0 aromatic carbocycles. The minimum absolute atomic E-state index is 0.255. The highest BCUT2D eigenvalue weighted by Crippen LogP contribution is 2.40. The van der Waals surface area contributed by atoms with Gasteiger partial charge in [0.15, 0.2) is 0 Å². The first kappa shape index (κ1) is 11.3. The molecule has 0 saturated heterocycles. The van der Waals surface area contributed by atoms with Crippen molar-refractivity contribution in [2.45, 2.75) is 24.8 Å². The second-order valence-corrected chi connectivity index (χ2v) is 5.38. The normalized spacial score (nSPS) is 22.4. The van der Waals surface area contributed by atoms with Crippen LogP contribution < -0.4 is 5.73 Å². The molecule has 5 nitrogen and oxygen atoms in total. The third-order valence-electron chi connectivity index (χ3n) is 3.30. The Morgan fingerprint density at radius 3 is 3.11 bits per heavy atom. The number of anilines is 1. The van der Waals surface area contributed by atoms with Crippen molar-refractivity contribution in [2.24, 2.45) is 5.18 Å². The number of hydrogen-bond acceptors (Lipinski definition) is 6. The molecule has 2 aromatic heterocycles. The molecule has 2 atom stereocenters. The maximum absolute atomic E-state index is 11.0. The van der Waals surface area contributed by atoms with Gasteiger partial charge in [-0.2, -0.15) is 4.91 Å². The van der Waals surface area contributed by atoms with Crippen molar-refractivity contribution < 1.29 is 0 Å². The van der Waals surface area contributed by atoms with Crippen molar-refractivity contribution in [3.63, 3.8) is 0 Å². The van der Waals surface area contributed by atoms with Crippen LogP contribution in [0.25, 0.3) is 0 Å². The van der Waals surface area contributed by atoms with Crippen LogP contribution in [0.4, 0.5) is 5.95 Å². The van der Waals surface area contributed by atoms with Crippen LogP contribution in [0, 0.1) is 4.91 Å². The van der Waals surface area contributed by atoms with Crippen molar-refractivity contribution >= 4 is 17.3 Å². The van der Waals surface area contributed by atoms with Crippen LogP contribution >= 0.6 is 11.3 Å². The van der Waals surface area contributed by atoms with E-state index in [0.29, 0.717) is 5.92 Å². The molecule has 0 spiro atoms. The Kier molecular flexibility index (Phi) is 2.79. The molecular weight excluding hydrogens is 248 g/mol. The molecule has 1 aliphatic carbocycles. The zero-order chi connectivity index (χ0) is 12.5. The van der Waals surface area contributed by atoms with E-state index in [1.165, 1.54) is 4.88 Å². The number of nitrogens with zero attached hydrogens (tertiary/aromatic N) is 3. The predicted molar refractivity (Wildman–Crippen MR) is 70.4 cm³/mol. The molecule has 2 aromatic rings. The fourth-order valence-corrected chi connectivity index (χ4v) is 3.28. The van der Waals surface area contributed by atoms with Crippen LogP contribution in [-0.4, -0.2) is 9.97 Å². The molecule has 6 heteroatoms. The highest BCUT2D eigenvalue weighted by Gasteiger charge is 2.30. The maximum Gasteiger partial charge on any atom is 0.220 e. The minimum Gasteiger partial charge on any atom is -0.368 e. The van der Waals surface area contributed by atoms with Crippen LogP contribution in [0.3, 0.4) is 0 Å². The van der Waals surface area contributed by atoms with Gasteiger partial charge in [-0.05, 0) is 24.3 Å². The topological polar surface area (TPSA) is 81.2 Å². The molecule has 0 aliphatic heterocycles. The Labute approximate surface area is 108 Å². The van der Waals surface area contributed by atoms with Crippen molar-refractivity contribution in [3.8, 4) is 0 Å². The van der Waals surface area contributed by atoms with Gasteiger partial charge in [0.05, 0.1) is 5.69 Å². The van der Waals surface area contributed by atoms with Crippen LogP contribution in [-0.2, 0) is 6.42 Å². The number of rotatable bonds is 2. The van der Waals surface area contributed by atoms with Gasteiger partial charge in [0.25, 0.3) is 0 Å². The summed E-state index contributed by atoms with van der Waals surface area (Å²) < 4.78 is 0. The van der Waals surface area contributed by atoms with Gasteiger partial charge in [-0.1, -0.05) is 11.2 Å². The molecular formula is C12H12N4OS. The second kappa shape index (κ2) is 4.45. The lowest BCUT2D eigenvalue weighted by Crippen LogP contribution is -2.18. The molecule has 1 aliphatic rings. The number of aromatic nitrogens is 2. The maximum atomic E-state index is 11.0. The van der Waals surface area contributed by atoms with Gasteiger partial charge in [0, 0.05) is 22.6 Å². The fourth-order valence-electron chi connectivity index (χ4n) is 2.44. The van der Waals surface area contributed by atoms with E-state index in [1.54, 1.807) is 17.5 Å². The third-order valence-corrected chi connectivity index (χ3v) is 4.33. The highest BCUT2D eigenvalue weighted by molar-refractivity contribution is 7.10. The molecule has 2 unspecified atom stereocenters. The van der Waals surface area contributed by atoms with Gasteiger partial charge >= 0.3 is 0 Å². The summed E-state index contributed by atoms with van der Waals surface area (Å²) >= 11 is 1.70. The molecule has 18 heavy (non-hydrogen) atoms. The number of fused-ring (bicyclic) bond motifs is 1. The Bertz CT molecular complexity index is 569. The Balaban J connectivity index is 2.00. The molecule has 0 saturated carbocycles. The molecule has 2 N–H and O–H groups in total. The number of nitrogens with two attached hydrogens (primary N) is 1. The average Bonchev–Trinajstić information content (AvgIpc) is 2.90. The monoisotopic (exact) mass is 260 g/mol. The number of nitrogen functional groups attached to an aromatic ring is 1. The lowest BCUT2D eigenvalue weighted by Gasteiger charge is -2.26. The molecule has 3 rings (SSSR count). The zero-order valence-electron chi connectivity index (χ0n) is 9.61. The predicted octanol–water partition coefficient (Wildman–Crippen LogP) is 2.66.